The first-order valence-electron chi connectivity index (χ1n) is 45.0. The first-order valence-corrected chi connectivity index (χ1v) is 45.0. The lowest BCUT2D eigenvalue weighted by atomic mass is 9.74. The molecule has 0 fully saturated rings. The van der Waals surface area contributed by atoms with Crippen LogP contribution in [0.2, 0.25) is 0 Å². The zero-order valence-electron chi connectivity index (χ0n) is 78.6. The summed E-state index contributed by atoms with van der Waals surface area (Å²) in [6.45, 7) is 9.08. The monoisotopic (exact) mass is 1910 g/mol. The number of nitrogens with one attached hydrogen (secondary N) is 4. The number of carbonyl (C=O) groups excluding carboxylic acids is 4. The standard InChI is InChI=1S/C95H140N4O36/c1-110-25-31-116-37-43-122-49-55-128-82-63-72(64-83(129-56-50-123-44-38-117-32-26-111-2)89(82)132-59-53-126-47-41-120-35-29-114-5)69-134-74-61-71(62-75(67-74)135-70-73-65-84(130-57-51-124-45-39-118-33-27-112-3)90(133-60-54-127-48-42-121-36-30-115-6)85(66-73)131-58-52-125-46-40-119-34-28-113-4)68-99-94(109)95(19-10-22-96-91(106)76-13-7-16-79(100)86(76)103,20-11-23-97-92(107)77-14-8-17-80(101)87(77)104)21-12-24-98-93(108)78-15-9-18-81(102)88(78)105/h7-9,13-18,61-67,100-105H,10-12,19-60,68-70H2,1-6H3,(H,96,106)(H,97,107)(H,98,108)(H,99,109). The molecule has 0 saturated carbocycles. The number of aromatic hydroxyl groups is 6. The molecule has 0 atom stereocenters. The van der Waals surface area contributed by atoms with Gasteiger partial charge in [-0.1, -0.05) is 18.2 Å². The number of hydrogen-bond acceptors (Lipinski definition) is 36. The smallest absolute Gasteiger partial charge is 0.255 e. The average Bonchev–Trinajstić information content (AvgIpc) is 0.820. The highest BCUT2D eigenvalue weighted by molar-refractivity contribution is 5.99. The van der Waals surface area contributed by atoms with Crippen LogP contribution >= 0.6 is 0 Å². The Morgan fingerprint density at radius 3 is 0.756 bits per heavy atom. The van der Waals surface area contributed by atoms with E-state index in [1.807, 2.05) is 0 Å². The van der Waals surface area contributed by atoms with Crippen LogP contribution < -0.4 is 59.2 Å². The molecule has 756 valence electrons. The van der Waals surface area contributed by atoms with Gasteiger partial charge in [0.05, 0.1) is 215 Å². The highest BCUT2D eigenvalue weighted by Crippen LogP contribution is 2.43. The molecule has 0 aliphatic rings. The van der Waals surface area contributed by atoms with Gasteiger partial charge < -0.3 is 175 Å². The summed E-state index contributed by atoms with van der Waals surface area (Å²) in [6, 6.07) is 23.9. The Labute approximate surface area is 789 Å². The van der Waals surface area contributed by atoms with Crippen LogP contribution in [-0.4, -0.2) is 354 Å². The van der Waals surface area contributed by atoms with Gasteiger partial charge in [0, 0.05) is 80.3 Å². The van der Waals surface area contributed by atoms with Gasteiger partial charge >= 0.3 is 0 Å². The van der Waals surface area contributed by atoms with Crippen molar-refractivity contribution in [2.24, 2.45) is 5.41 Å². The summed E-state index contributed by atoms with van der Waals surface area (Å²) < 4.78 is 152. The van der Waals surface area contributed by atoms with Crippen LogP contribution in [-0.2, 0) is 110 Å². The van der Waals surface area contributed by atoms with Gasteiger partial charge in [0.25, 0.3) is 17.7 Å². The van der Waals surface area contributed by atoms with E-state index in [1.54, 1.807) is 85.1 Å². The maximum atomic E-state index is 15.9. The molecule has 0 aromatic heterocycles. The molecule has 40 nitrogen and oxygen atoms in total. The number of phenols is 6. The molecule has 0 heterocycles. The second kappa shape index (κ2) is 71.2. The van der Waals surface area contributed by atoms with E-state index in [0.29, 0.717) is 136 Å². The van der Waals surface area contributed by atoms with Gasteiger partial charge in [-0.2, -0.15) is 0 Å². The number of carbonyl (C=O) groups is 4. The number of methoxy groups -OCH3 is 6. The number of hydrogen-bond donors (Lipinski definition) is 10. The van der Waals surface area contributed by atoms with E-state index in [4.69, 9.17) is 123 Å². The fourth-order valence-electron chi connectivity index (χ4n) is 12.8. The van der Waals surface area contributed by atoms with Gasteiger partial charge in [-0.15, -0.1) is 0 Å². The molecular formula is C95H140N4O36. The fourth-order valence-corrected chi connectivity index (χ4v) is 12.8. The van der Waals surface area contributed by atoms with Crippen LogP contribution in [0.3, 0.4) is 0 Å². The van der Waals surface area contributed by atoms with Crippen LogP contribution in [0, 0.1) is 5.41 Å². The lowest BCUT2D eigenvalue weighted by molar-refractivity contribution is -0.132. The quantitative estimate of drug-likeness (QED) is 0.0129. The molecular weight excluding hydrogens is 1770 g/mol. The van der Waals surface area contributed by atoms with E-state index >= 15 is 4.79 Å². The molecule has 0 unspecified atom stereocenters. The van der Waals surface area contributed by atoms with Crippen LogP contribution in [0.1, 0.15) is 86.3 Å². The molecule has 4 amide bonds. The SMILES string of the molecule is COCCOCCOCCOc1cc(COc2cc(CNC(=O)C(CCCNC(=O)c3cccc(O)c3O)(CCCNC(=O)c3cccc(O)c3O)CCCNC(=O)c3cccc(O)c3O)cc(OCc3cc(OCCOCCOCCOC)c(OCCOCCOCCOC)c(OCCOCCOCCOC)c3)c2)cc(OCCOCCOCCOC)c1OCCOCCOCCOC. The lowest BCUT2D eigenvalue weighted by Gasteiger charge is -2.33. The summed E-state index contributed by atoms with van der Waals surface area (Å²) in [5.41, 5.74) is -0.509. The number of benzene rings is 6. The minimum absolute atomic E-state index is 0.0503. The Kier molecular flexibility index (Phi) is 59.8. The average molecular weight is 1910 g/mol. The minimum Gasteiger partial charge on any atom is -0.504 e. The molecule has 0 aliphatic heterocycles. The van der Waals surface area contributed by atoms with Crippen molar-refractivity contribution in [3.05, 3.63) is 130 Å². The van der Waals surface area contributed by atoms with Crippen LogP contribution in [0.15, 0.2) is 97.1 Å². The Morgan fingerprint density at radius 1 is 0.267 bits per heavy atom. The van der Waals surface area contributed by atoms with E-state index in [0.717, 1.165) is 0 Å². The normalized spacial score (nSPS) is 11.4. The molecule has 0 bridgehead atoms. The molecule has 0 aliphatic carbocycles. The van der Waals surface area contributed by atoms with Crippen molar-refractivity contribution >= 4 is 23.6 Å². The van der Waals surface area contributed by atoms with Crippen LogP contribution in [0.5, 0.6) is 80.5 Å². The Hall–Kier alpha value is -10.3. The van der Waals surface area contributed by atoms with E-state index in [-0.39, 0.29) is 260 Å². The van der Waals surface area contributed by atoms with Crippen molar-refractivity contribution in [1.29, 1.82) is 0 Å². The first kappa shape index (κ1) is 113. The summed E-state index contributed by atoms with van der Waals surface area (Å²) in [6.07, 6.45) is 0.533. The molecule has 10 N–H and O–H groups in total. The highest BCUT2D eigenvalue weighted by atomic mass is 16.6. The van der Waals surface area contributed by atoms with Crippen molar-refractivity contribution in [2.75, 3.05) is 300 Å². The minimum atomic E-state index is -1.41. The number of para-hydroxylation sites is 3. The van der Waals surface area contributed by atoms with Crippen molar-refractivity contribution in [1.82, 2.24) is 21.3 Å². The van der Waals surface area contributed by atoms with Gasteiger partial charge in [-0.25, -0.2) is 0 Å². The van der Waals surface area contributed by atoms with Crippen molar-refractivity contribution in [3.8, 4) is 80.5 Å². The molecule has 6 aromatic rings. The number of phenolic OH excluding ortho intramolecular Hbond substituents is 6. The molecule has 6 aromatic carbocycles. The number of ether oxygens (including phenoxy) is 26. The third kappa shape index (κ3) is 46.4. The Bertz CT molecular complexity index is 3830. The third-order valence-electron chi connectivity index (χ3n) is 19.7. The van der Waals surface area contributed by atoms with Gasteiger partial charge in [0.1, 0.15) is 64.4 Å². The van der Waals surface area contributed by atoms with Gasteiger partial charge in [-0.05, 0) is 128 Å². The maximum Gasteiger partial charge on any atom is 0.255 e. The van der Waals surface area contributed by atoms with E-state index < -0.39 is 63.5 Å². The van der Waals surface area contributed by atoms with Crippen molar-refractivity contribution in [2.45, 2.75) is 58.3 Å². The molecule has 6 rings (SSSR count). The molecule has 0 spiro atoms. The summed E-state index contributed by atoms with van der Waals surface area (Å²) in [5, 5.41) is 74.5. The predicted octanol–water partition coefficient (Wildman–Crippen LogP) is 7.66. The number of amides is 4. The van der Waals surface area contributed by atoms with Crippen molar-refractivity contribution in [3.63, 3.8) is 0 Å². The Balaban J connectivity index is 1.46. The van der Waals surface area contributed by atoms with E-state index in [9.17, 15) is 45.0 Å². The second-order valence-electron chi connectivity index (χ2n) is 29.7. The molecule has 135 heavy (non-hydrogen) atoms. The molecule has 0 radical (unpaired) electrons. The van der Waals surface area contributed by atoms with Gasteiger partial charge in [0.15, 0.2) is 57.5 Å². The molecule has 0 saturated heterocycles. The maximum absolute atomic E-state index is 15.9. The largest absolute Gasteiger partial charge is 0.504 e. The van der Waals surface area contributed by atoms with Gasteiger partial charge in [-0.3, -0.25) is 19.2 Å². The van der Waals surface area contributed by atoms with Crippen LogP contribution in [0.25, 0.3) is 0 Å². The zero-order chi connectivity index (χ0) is 96.8. The van der Waals surface area contributed by atoms with Crippen molar-refractivity contribution < 1.29 is 173 Å². The fraction of sp³-hybridized carbons (Fsp3) is 0.579. The zero-order valence-corrected chi connectivity index (χ0v) is 78.6. The van der Waals surface area contributed by atoms with E-state index in [1.165, 1.54) is 54.6 Å². The topological polar surface area (TPSA) is 478 Å². The highest BCUT2D eigenvalue weighted by Gasteiger charge is 2.38. The third-order valence-corrected chi connectivity index (χ3v) is 19.7. The Morgan fingerprint density at radius 2 is 0.504 bits per heavy atom. The number of rotatable bonds is 84. The molecule has 40 heteroatoms. The summed E-state index contributed by atoms with van der Waals surface area (Å²) in [7, 11) is 9.54. The van der Waals surface area contributed by atoms with Crippen LogP contribution in [0.4, 0.5) is 0 Å². The predicted molar refractivity (Wildman–Crippen MR) is 490 cm³/mol. The van der Waals surface area contributed by atoms with Gasteiger partial charge in [0.2, 0.25) is 17.4 Å². The summed E-state index contributed by atoms with van der Waals surface area (Å²) >= 11 is 0. The second-order valence-corrected chi connectivity index (χ2v) is 29.7. The summed E-state index contributed by atoms with van der Waals surface area (Å²) in [5.74, 6) is -4.09. The van der Waals surface area contributed by atoms with E-state index in [2.05, 4.69) is 21.3 Å². The summed E-state index contributed by atoms with van der Waals surface area (Å²) in [4.78, 5) is 56.9. The lowest BCUT2D eigenvalue weighted by Crippen LogP contribution is -2.42. The first-order chi connectivity index (χ1) is 66.0.